The van der Waals surface area contributed by atoms with Crippen LogP contribution in [0.25, 0.3) is 11.3 Å². The van der Waals surface area contributed by atoms with Crippen molar-refractivity contribution in [1.82, 2.24) is 14.5 Å². The van der Waals surface area contributed by atoms with E-state index in [4.69, 9.17) is 0 Å². The van der Waals surface area contributed by atoms with E-state index in [1.165, 1.54) is 25.7 Å². The van der Waals surface area contributed by atoms with E-state index < -0.39 is 0 Å². The van der Waals surface area contributed by atoms with Gasteiger partial charge in [-0.1, -0.05) is 12.8 Å². The van der Waals surface area contributed by atoms with E-state index >= 15 is 0 Å². The van der Waals surface area contributed by atoms with Crippen LogP contribution in [-0.2, 0) is 6.54 Å². The SMILES string of the molecule is O=c1cc(-c2ccncc2)nc2n1CCC1(CCCC1)N2. The second-order valence-electron chi connectivity index (χ2n) is 6.05. The predicted molar refractivity (Wildman–Crippen MR) is 81.2 cm³/mol. The molecule has 1 aliphatic carbocycles. The minimum atomic E-state index is 0.0205. The Morgan fingerprint density at radius 2 is 1.90 bits per heavy atom. The summed E-state index contributed by atoms with van der Waals surface area (Å²) >= 11 is 0. The molecule has 0 amide bonds. The van der Waals surface area contributed by atoms with Crippen LogP contribution in [0.1, 0.15) is 32.1 Å². The minimum Gasteiger partial charge on any atom is -0.350 e. The molecule has 2 aliphatic rings. The van der Waals surface area contributed by atoms with E-state index in [1.807, 2.05) is 12.1 Å². The van der Waals surface area contributed by atoms with E-state index in [-0.39, 0.29) is 11.1 Å². The molecular weight excluding hydrogens is 264 g/mol. The molecule has 0 bridgehead atoms. The molecule has 1 fully saturated rings. The lowest BCUT2D eigenvalue weighted by Crippen LogP contribution is -2.44. The maximum atomic E-state index is 12.3. The molecule has 5 nitrogen and oxygen atoms in total. The fourth-order valence-corrected chi connectivity index (χ4v) is 3.54. The molecule has 1 spiro atoms. The Hall–Kier alpha value is -2.17. The van der Waals surface area contributed by atoms with Gasteiger partial charge in [-0.15, -0.1) is 0 Å². The molecule has 0 aromatic carbocycles. The molecule has 108 valence electrons. The second kappa shape index (κ2) is 4.69. The number of nitrogens with one attached hydrogen (secondary N) is 1. The lowest BCUT2D eigenvalue weighted by Gasteiger charge is -2.36. The highest BCUT2D eigenvalue weighted by atomic mass is 16.1. The molecule has 3 heterocycles. The first-order chi connectivity index (χ1) is 10.3. The largest absolute Gasteiger partial charge is 0.350 e. The zero-order valence-corrected chi connectivity index (χ0v) is 11.9. The molecular formula is C16H18N4O. The normalized spacial score (nSPS) is 19.2. The van der Waals surface area contributed by atoms with Gasteiger partial charge in [0.05, 0.1) is 5.69 Å². The van der Waals surface area contributed by atoms with Crippen molar-refractivity contribution in [2.45, 2.75) is 44.2 Å². The lowest BCUT2D eigenvalue weighted by molar-refractivity contribution is 0.374. The molecule has 0 unspecified atom stereocenters. The van der Waals surface area contributed by atoms with E-state index in [0.717, 1.165) is 30.2 Å². The Morgan fingerprint density at radius 3 is 2.67 bits per heavy atom. The number of hydrogen-bond acceptors (Lipinski definition) is 4. The molecule has 5 heteroatoms. The van der Waals surface area contributed by atoms with Gasteiger partial charge in [0.25, 0.3) is 5.56 Å². The maximum Gasteiger partial charge on any atom is 0.255 e. The van der Waals surface area contributed by atoms with Crippen LogP contribution < -0.4 is 10.9 Å². The molecule has 0 atom stereocenters. The number of hydrogen-bond donors (Lipinski definition) is 1. The van der Waals surface area contributed by atoms with Crippen LogP contribution in [0.5, 0.6) is 0 Å². The van der Waals surface area contributed by atoms with Gasteiger partial charge in [0.15, 0.2) is 0 Å². The Kier molecular flexibility index (Phi) is 2.80. The van der Waals surface area contributed by atoms with Crippen LogP contribution in [0.3, 0.4) is 0 Å². The van der Waals surface area contributed by atoms with Crippen LogP contribution in [0.4, 0.5) is 5.95 Å². The maximum absolute atomic E-state index is 12.3. The fraction of sp³-hybridized carbons (Fsp3) is 0.438. The number of anilines is 1. The summed E-state index contributed by atoms with van der Waals surface area (Å²) in [6.07, 6.45) is 9.36. The molecule has 2 aromatic rings. The monoisotopic (exact) mass is 282 g/mol. The molecule has 2 aromatic heterocycles. The third-order valence-electron chi connectivity index (χ3n) is 4.74. The van der Waals surface area contributed by atoms with Crippen LogP contribution in [0, 0.1) is 0 Å². The van der Waals surface area contributed by atoms with E-state index in [0.29, 0.717) is 0 Å². The Bertz CT molecular complexity index is 717. The van der Waals surface area contributed by atoms with Crippen molar-refractivity contribution in [3.8, 4) is 11.3 Å². The fourth-order valence-electron chi connectivity index (χ4n) is 3.54. The second-order valence-corrected chi connectivity index (χ2v) is 6.05. The van der Waals surface area contributed by atoms with Crippen molar-refractivity contribution < 1.29 is 0 Å². The molecule has 1 aliphatic heterocycles. The average molecular weight is 282 g/mol. The number of aromatic nitrogens is 3. The average Bonchev–Trinajstić information content (AvgIpc) is 2.95. The minimum absolute atomic E-state index is 0.0205. The van der Waals surface area contributed by atoms with Gasteiger partial charge in [-0.05, 0) is 31.4 Å². The third kappa shape index (κ3) is 2.13. The summed E-state index contributed by atoms with van der Waals surface area (Å²) < 4.78 is 1.76. The highest BCUT2D eigenvalue weighted by Crippen LogP contribution is 2.38. The highest BCUT2D eigenvalue weighted by molar-refractivity contribution is 5.59. The van der Waals surface area contributed by atoms with Crippen molar-refractivity contribution in [2.75, 3.05) is 5.32 Å². The van der Waals surface area contributed by atoms with Crippen LogP contribution >= 0.6 is 0 Å². The summed E-state index contributed by atoms with van der Waals surface area (Å²) in [7, 11) is 0. The van der Waals surface area contributed by atoms with E-state index in [9.17, 15) is 4.79 Å². The number of rotatable bonds is 1. The summed E-state index contributed by atoms with van der Waals surface area (Å²) in [4.78, 5) is 21.0. The van der Waals surface area contributed by atoms with Crippen molar-refractivity contribution in [3.05, 3.63) is 40.9 Å². The van der Waals surface area contributed by atoms with Crippen LogP contribution in [0.15, 0.2) is 35.4 Å². The number of pyridine rings is 1. The molecule has 0 saturated heterocycles. The molecule has 4 rings (SSSR count). The summed E-state index contributed by atoms with van der Waals surface area (Å²) in [5.41, 5.74) is 1.83. The van der Waals surface area contributed by atoms with Crippen molar-refractivity contribution in [1.29, 1.82) is 0 Å². The predicted octanol–water partition coefficient (Wildman–Crippen LogP) is 2.43. The molecule has 0 radical (unpaired) electrons. The Morgan fingerprint density at radius 1 is 1.14 bits per heavy atom. The lowest BCUT2D eigenvalue weighted by atomic mass is 9.92. The van der Waals surface area contributed by atoms with Crippen molar-refractivity contribution >= 4 is 5.95 Å². The zero-order valence-electron chi connectivity index (χ0n) is 11.9. The van der Waals surface area contributed by atoms with Gasteiger partial charge in [0.1, 0.15) is 0 Å². The van der Waals surface area contributed by atoms with Gasteiger partial charge in [-0.25, -0.2) is 4.98 Å². The zero-order chi connectivity index (χ0) is 14.3. The van der Waals surface area contributed by atoms with Crippen LogP contribution in [-0.4, -0.2) is 20.1 Å². The van der Waals surface area contributed by atoms with E-state index in [1.54, 1.807) is 23.0 Å². The molecule has 1 N–H and O–H groups in total. The van der Waals surface area contributed by atoms with Gasteiger partial charge in [-0.2, -0.15) is 0 Å². The third-order valence-corrected chi connectivity index (χ3v) is 4.74. The number of fused-ring (bicyclic) bond motifs is 1. The first-order valence-electron chi connectivity index (χ1n) is 7.56. The van der Waals surface area contributed by atoms with Gasteiger partial charge < -0.3 is 5.32 Å². The van der Waals surface area contributed by atoms with Crippen molar-refractivity contribution in [3.63, 3.8) is 0 Å². The highest BCUT2D eigenvalue weighted by Gasteiger charge is 2.37. The van der Waals surface area contributed by atoms with Crippen LogP contribution in [0.2, 0.25) is 0 Å². The van der Waals surface area contributed by atoms with Gasteiger partial charge in [-0.3, -0.25) is 14.3 Å². The first-order valence-corrected chi connectivity index (χ1v) is 7.56. The summed E-state index contributed by atoms with van der Waals surface area (Å²) in [5.74, 6) is 0.725. The van der Waals surface area contributed by atoms with E-state index in [2.05, 4.69) is 15.3 Å². The van der Waals surface area contributed by atoms with Gasteiger partial charge in [0.2, 0.25) is 5.95 Å². The summed E-state index contributed by atoms with van der Waals surface area (Å²) in [5, 5.41) is 3.56. The topological polar surface area (TPSA) is 59.8 Å². The quantitative estimate of drug-likeness (QED) is 0.872. The smallest absolute Gasteiger partial charge is 0.255 e. The summed E-state index contributed by atoms with van der Waals surface area (Å²) in [6, 6.07) is 5.38. The number of nitrogens with zero attached hydrogens (tertiary/aromatic N) is 3. The first kappa shape index (κ1) is 12.6. The Labute approximate surface area is 123 Å². The molecule has 1 saturated carbocycles. The summed E-state index contributed by atoms with van der Waals surface area (Å²) in [6.45, 7) is 0.769. The molecule has 21 heavy (non-hydrogen) atoms. The van der Waals surface area contributed by atoms with Crippen molar-refractivity contribution in [2.24, 2.45) is 0 Å². The van der Waals surface area contributed by atoms with Gasteiger partial charge in [0, 0.05) is 36.1 Å². The Balaban J connectivity index is 1.78. The van der Waals surface area contributed by atoms with Gasteiger partial charge >= 0.3 is 0 Å². The standard InChI is InChI=1S/C16H18N4O/c21-14-11-13(12-3-8-17-9-4-12)18-15-19-16(5-1-2-6-16)7-10-20(14)15/h3-4,8-9,11H,1-2,5-7,10H2,(H,18,19).